The van der Waals surface area contributed by atoms with Crippen molar-refractivity contribution in [2.75, 3.05) is 14.2 Å². The van der Waals surface area contributed by atoms with Gasteiger partial charge in [-0.15, -0.1) is 0 Å². The van der Waals surface area contributed by atoms with Gasteiger partial charge in [-0.05, 0) is 44.5 Å². The Hall–Kier alpha value is -1.53. The number of hydrogen-bond donors (Lipinski definition) is 1. The van der Waals surface area contributed by atoms with E-state index in [9.17, 15) is 0 Å². The van der Waals surface area contributed by atoms with Crippen LogP contribution in [-0.2, 0) is 0 Å². The lowest BCUT2D eigenvalue weighted by Gasteiger charge is -2.21. The van der Waals surface area contributed by atoms with E-state index in [0.29, 0.717) is 6.42 Å². The van der Waals surface area contributed by atoms with Gasteiger partial charge in [-0.1, -0.05) is 6.07 Å². The molecular weight excluding hydrogens is 212 g/mol. The number of nitriles is 1. The maximum Gasteiger partial charge on any atom is 0.124 e. The fourth-order valence-electron chi connectivity index (χ4n) is 2.20. The molecule has 1 rings (SSSR count). The van der Waals surface area contributed by atoms with Crippen molar-refractivity contribution < 1.29 is 4.74 Å². The summed E-state index contributed by atoms with van der Waals surface area (Å²) in [5.41, 5.74) is 3.56. The quantitative estimate of drug-likeness (QED) is 0.849. The molecule has 0 radical (unpaired) electrons. The fraction of sp³-hybridized carbons (Fsp3) is 0.500. The third-order valence-electron chi connectivity index (χ3n) is 2.95. The molecular formula is C14H20N2O. The van der Waals surface area contributed by atoms with E-state index in [1.165, 1.54) is 11.1 Å². The Bertz CT molecular complexity index is 421. The normalized spacial score (nSPS) is 11.9. The Morgan fingerprint density at radius 1 is 1.41 bits per heavy atom. The first-order chi connectivity index (χ1) is 8.13. The number of aryl methyl sites for hydroxylation is 2. The van der Waals surface area contributed by atoms with E-state index < -0.39 is 0 Å². The van der Waals surface area contributed by atoms with Crippen LogP contribution in [0.3, 0.4) is 0 Å². The zero-order valence-electron chi connectivity index (χ0n) is 11.0. The summed E-state index contributed by atoms with van der Waals surface area (Å²) in [7, 11) is 3.61. The lowest BCUT2D eigenvalue weighted by molar-refractivity contribution is 0.398. The van der Waals surface area contributed by atoms with Crippen LogP contribution in [0.5, 0.6) is 5.75 Å². The monoisotopic (exact) mass is 232 g/mol. The van der Waals surface area contributed by atoms with E-state index >= 15 is 0 Å². The van der Waals surface area contributed by atoms with Crippen molar-refractivity contribution in [3.05, 3.63) is 28.8 Å². The highest BCUT2D eigenvalue weighted by Gasteiger charge is 2.17. The SMILES string of the molecule is CNC(CCC#N)c1c(C)cc(C)cc1OC. The first-order valence-electron chi connectivity index (χ1n) is 5.83. The van der Waals surface area contributed by atoms with Crippen molar-refractivity contribution in [2.24, 2.45) is 0 Å². The van der Waals surface area contributed by atoms with Gasteiger partial charge in [0.15, 0.2) is 0 Å². The first kappa shape index (κ1) is 13.5. The molecule has 1 aromatic rings. The number of ether oxygens (including phenoxy) is 1. The van der Waals surface area contributed by atoms with Gasteiger partial charge in [0.2, 0.25) is 0 Å². The number of rotatable bonds is 5. The maximum atomic E-state index is 8.69. The molecule has 0 fully saturated rings. The van der Waals surface area contributed by atoms with Gasteiger partial charge in [0.1, 0.15) is 5.75 Å². The largest absolute Gasteiger partial charge is 0.496 e. The van der Waals surface area contributed by atoms with Crippen molar-refractivity contribution in [1.29, 1.82) is 5.26 Å². The van der Waals surface area contributed by atoms with Crippen LogP contribution in [0.4, 0.5) is 0 Å². The molecule has 1 aromatic carbocycles. The van der Waals surface area contributed by atoms with Crippen LogP contribution in [0.15, 0.2) is 12.1 Å². The van der Waals surface area contributed by atoms with E-state index in [4.69, 9.17) is 10.00 Å². The molecule has 1 N–H and O–H groups in total. The molecule has 92 valence electrons. The number of methoxy groups -OCH3 is 1. The molecule has 0 bridgehead atoms. The molecule has 0 aliphatic carbocycles. The summed E-state index contributed by atoms with van der Waals surface area (Å²) in [4.78, 5) is 0. The molecule has 0 amide bonds. The zero-order valence-corrected chi connectivity index (χ0v) is 11.0. The van der Waals surface area contributed by atoms with Crippen molar-refractivity contribution in [1.82, 2.24) is 5.32 Å². The Kier molecular flexibility index (Phi) is 4.99. The molecule has 1 atom stereocenters. The molecule has 0 heterocycles. The molecule has 0 spiro atoms. The minimum absolute atomic E-state index is 0.171. The summed E-state index contributed by atoms with van der Waals surface area (Å²) in [6.45, 7) is 4.14. The second kappa shape index (κ2) is 6.27. The lowest BCUT2D eigenvalue weighted by Crippen LogP contribution is -2.18. The van der Waals surface area contributed by atoms with Gasteiger partial charge in [-0.2, -0.15) is 5.26 Å². The highest BCUT2D eigenvalue weighted by molar-refractivity contribution is 5.45. The third-order valence-corrected chi connectivity index (χ3v) is 2.95. The molecule has 3 nitrogen and oxygen atoms in total. The lowest BCUT2D eigenvalue weighted by atomic mass is 9.95. The second-order valence-electron chi connectivity index (χ2n) is 4.24. The van der Waals surface area contributed by atoms with Crippen LogP contribution in [0.25, 0.3) is 0 Å². The highest BCUT2D eigenvalue weighted by atomic mass is 16.5. The van der Waals surface area contributed by atoms with Gasteiger partial charge < -0.3 is 10.1 Å². The summed E-state index contributed by atoms with van der Waals surface area (Å²) < 4.78 is 5.45. The van der Waals surface area contributed by atoms with Crippen molar-refractivity contribution in [3.8, 4) is 11.8 Å². The van der Waals surface area contributed by atoms with E-state index in [1.807, 2.05) is 13.1 Å². The molecule has 0 aromatic heterocycles. The molecule has 1 unspecified atom stereocenters. The van der Waals surface area contributed by atoms with E-state index in [1.54, 1.807) is 7.11 Å². The zero-order chi connectivity index (χ0) is 12.8. The molecule has 17 heavy (non-hydrogen) atoms. The summed E-state index contributed by atoms with van der Waals surface area (Å²) in [6.07, 6.45) is 1.34. The topological polar surface area (TPSA) is 45.0 Å². The summed E-state index contributed by atoms with van der Waals surface area (Å²) >= 11 is 0. The minimum Gasteiger partial charge on any atom is -0.496 e. The Morgan fingerprint density at radius 2 is 2.12 bits per heavy atom. The summed E-state index contributed by atoms with van der Waals surface area (Å²) in [6, 6.07) is 6.55. The molecule has 3 heteroatoms. The van der Waals surface area contributed by atoms with Gasteiger partial charge in [0.05, 0.1) is 13.2 Å². The van der Waals surface area contributed by atoms with Crippen molar-refractivity contribution in [3.63, 3.8) is 0 Å². The predicted octanol–water partition coefficient (Wildman–Crippen LogP) is 2.88. The van der Waals surface area contributed by atoms with Gasteiger partial charge >= 0.3 is 0 Å². The number of benzene rings is 1. The fourth-order valence-corrected chi connectivity index (χ4v) is 2.20. The first-order valence-corrected chi connectivity index (χ1v) is 5.83. The smallest absolute Gasteiger partial charge is 0.124 e. The average molecular weight is 232 g/mol. The summed E-state index contributed by atoms with van der Waals surface area (Å²) in [5, 5.41) is 11.9. The third kappa shape index (κ3) is 3.21. The Morgan fingerprint density at radius 3 is 2.65 bits per heavy atom. The number of hydrogen-bond acceptors (Lipinski definition) is 3. The highest BCUT2D eigenvalue weighted by Crippen LogP contribution is 2.32. The van der Waals surface area contributed by atoms with Gasteiger partial charge in [0, 0.05) is 18.0 Å². The van der Waals surface area contributed by atoms with Crippen LogP contribution in [0.2, 0.25) is 0 Å². The second-order valence-corrected chi connectivity index (χ2v) is 4.24. The minimum atomic E-state index is 0.171. The molecule has 0 aliphatic rings. The van der Waals surface area contributed by atoms with E-state index in [2.05, 4.69) is 31.3 Å². The van der Waals surface area contributed by atoms with E-state index in [-0.39, 0.29) is 6.04 Å². The van der Waals surface area contributed by atoms with Crippen LogP contribution in [0, 0.1) is 25.2 Å². The standard InChI is InChI=1S/C14H20N2O/c1-10-8-11(2)14(13(9-10)17-4)12(16-3)6-5-7-15/h8-9,12,16H,5-6H2,1-4H3. The Labute approximate surface area is 103 Å². The summed E-state index contributed by atoms with van der Waals surface area (Å²) in [5.74, 6) is 0.903. The predicted molar refractivity (Wildman–Crippen MR) is 69.1 cm³/mol. The van der Waals surface area contributed by atoms with Crippen LogP contribution >= 0.6 is 0 Å². The molecule has 0 aliphatic heterocycles. The van der Waals surface area contributed by atoms with Crippen LogP contribution in [0.1, 0.15) is 35.6 Å². The van der Waals surface area contributed by atoms with Gasteiger partial charge in [0.25, 0.3) is 0 Å². The average Bonchev–Trinajstić information content (AvgIpc) is 2.31. The van der Waals surface area contributed by atoms with Crippen LogP contribution in [-0.4, -0.2) is 14.2 Å². The number of nitrogens with zero attached hydrogens (tertiary/aromatic N) is 1. The van der Waals surface area contributed by atoms with Gasteiger partial charge in [-0.3, -0.25) is 0 Å². The number of nitrogens with one attached hydrogen (secondary N) is 1. The van der Waals surface area contributed by atoms with E-state index in [0.717, 1.165) is 17.7 Å². The van der Waals surface area contributed by atoms with Crippen molar-refractivity contribution in [2.45, 2.75) is 32.7 Å². The molecule has 0 saturated heterocycles. The van der Waals surface area contributed by atoms with Gasteiger partial charge in [-0.25, -0.2) is 0 Å². The maximum absolute atomic E-state index is 8.69. The van der Waals surface area contributed by atoms with Crippen LogP contribution < -0.4 is 10.1 Å². The molecule has 0 saturated carbocycles. The Balaban J connectivity index is 3.13. The van der Waals surface area contributed by atoms with Crippen molar-refractivity contribution >= 4 is 0 Å².